The van der Waals surface area contributed by atoms with Crippen molar-refractivity contribution in [2.75, 3.05) is 5.73 Å². The largest absolute Gasteiger partial charge is 0.444 e. The van der Waals surface area contributed by atoms with Gasteiger partial charge < -0.3 is 20.5 Å². The van der Waals surface area contributed by atoms with E-state index < -0.39 is 18.3 Å². The van der Waals surface area contributed by atoms with Gasteiger partial charge in [-0.15, -0.1) is 0 Å². The highest BCUT2D eigenvalue weighted by atomic mass is 19.3. The molecule has 0 fully saturated rings. The number of alkyl carbamates (subject to hydrolysis) is 1. The van der Waals surface area contributed by atoms with E-state index in [9.17, 15) is 13.6 Å². The number of nitrogens with one attached hydrogen (secondary N) is 1. The highest BCUT2D eigenvalue weighted by molar-refractivity contribution is 5.68. The number of hydrogen-bond acceptors (Lipinski definition) is 5. The second-order valence-corrected chi connectivity index (χ2v) is 6.04. The molecule has 0 saturated heterocycles. The topological polar surface area (TPSA) is 86.5 Å². The number of anilines is 1. The van der Waals surface area contributed by atoms with Crippen LogP contribution in [0.5, 0.6) is 5.75 Å². The van der Waals surface area contributed by atoms with Crippen LogP contribution in [0.25, 0.3) is 0 Å². The number of aromatic nitrogens is 1. The molecule has 1 rings (SSSR count). The first-order valence-electron chi connectivity index (χ1n) is 7.25. The second-order valence-electron chi connectivity index (χ2n) is 6.04. The van der Waals surface area contributed by atoms with Gasteiger partial charge in [0.15, 0.2) is 11.6 Å². The van der Waals surface area contributed by atoms with Crippen LogP contribution in [-0.4, -0.2) is 29.3 Å². The molecule has 132 valence electrons. The fraction of sp³-hybridized carbons (Fsp3) is 0.500. The standard InChI is InChI=1S/C16H21F2N3O3/c1-10(21-15(22)24-16(2,3)4)6-5-7-11-8-12(23-14(17)18)13(19)20-9-11/h8-10,14H,6H2,1-4H3,(H2,19,20)(H,21,22)/t10-/m0/s1. The molecule has 0 aliphatic heterocycles. The van der Waals surface area contributed by atoms with Crippen molar-refractivity contribution in [2.45, 2.75) is 52.4 Å². The maximum absolute atomic E-state index is 12.2. The molecule has 1 aromatic heterocycles. The van der Waals surface area contributed by atoms with E-state index >= 15 is 0 Å². The van der Waals surface area contributed by atoms with Crippen molar-refractivity contribution < 1.29 is 23.0 Å². The second kappa shape index (κ2) is 8.34. The molecule has 1 aromatic rings. The van der Waals surface area contributed by atoms with Gasteiger partial charge in [0.1, 0.15) is 5.60 Å². The number of rotatable bonds is 4. The third-order valence-electron chi connectivity index (χ3n) is 2.50. The number of carbonyl (C=O) groups excluding carboxylic acids is 1. The first-order valence-corrected chi connectivity index (χ1v) is 7.25. The number of ether oxygens (including phenoxy) is 2. The van der Waals surface area contributed by atoms with Crippen LogP contribution in [0.2, 0.25) is 0 Å². The lowest BCUT2D eigenvalue weighted by molar-refractivity contribution is -0.0495. The van der Waals surface area contributed by atoms with Crippen LogP contribution in [0.1, 0.15) is 39.7 Å². The monoisotopic (exact) mass is 341 g/mol. The van der Waals surface area contributed by atoms with Crippen LogP contribution in [0, 0.1) is 11.8 Å². The Hall–Kier alpha value is -2.56. The van der Waals surface area contributed by atoms with E-state index in [0.29, 0.717) is 12.0 Å². The molecule has 0 aliphatic rings. The van der Waals surface area contributed by atoms with E-state index in [4.69, 9.17) is 10.5 Å². The van der Waals surface area contributed by atoms with Gasteiger partial charge in [-0.25, -0.2) is 9.78 Å². The molecule has 0 aliphatic carbocycles. The number of nitrogens with two attached hydrogens (primary N) is 1. The minimum Gasteiger partial charge on any atom is -0.444 e. The molecule has 0 radical (unpaired) electrons. The lowest BCUT2D eigenvalue weighted by Gasteiger charge is -2.21. The zero-order chi connectivity index (χ0) is 18.3. The first kappa shape index (κ1) is 19.5. The Morgan fingerprint density at radius 1 is 1.46 bits per heavy atom. The summed E-state index contributed by atoms with van der Waals surface area (Å²) < 4.78 is 33.8. The smallest absolute Gasteiger partial charge is 0.407 e. The Balaban J connectivity index is 2.61. The Morgan fingerprint density at radius 3 is 2.71 bits per heavy atom. The summed E-state index contributed by atoms with van der Waals surface area (Å²) in [7, 11) is 0. The van der Waals surface area contributed by atoms with E-state index in [2.05, 4.69) is 26.9 Å². The van der Waals surface area contributed by atoms with Crippen LogP contribution in [-0.2, 0) is 4.74 Å². The summed E-state index contributed by atoms with van der Waals surface area (Å²) >= 11 is 0. The summed E-state index contributed by atoms with van der Waals surface area (Å²) in [6.45, 7) is 4.08. The Morgan fingerprint density at radius 2 is 2.12 bits per heavy atom. The van der Waals surface area contributed by atoms with Gasteiger partial charge in [0, 0.05) is 30.3 Å². The molecule has 0 aromatic carbocycles. The summed E-state index contributed by atoms with van der Waals surface area (Å²) in [5.74, 6) is 5.21. The van der Waals surface area contributed by atoms with Gasteiger partial charge in [-0.1, -0.05) is 11.8 Å². The Bertz CT molecular complexity index is 634. The van der Waals surface area contributed by atoms with Crippen molar-refractivity contribution in [3.05, 3.63) is 17.8 Å². The quantitative estimate of drug-likeness (QED) is 0.822. The normalized spacial score (nSPS) is 12.1. The third kappa shape index (κ3) is 7.63. The van der Waals surface area contributed by atoms with Gasteiger partial charge in [0.05, 0.1) is 0 Å². The van der Waals surface area contributed by atoms with E-state index in [-0.39, 0.29) is 17.6 Å². The minimum atomic E-state index is -2.99. The Kier molecular flexibility index (Phi) is 6.77. The van der Waals surface area contributed by atoms with Crippen LogP contribution in [0.3, 0.4) is 0 Å². The maximum Gasteiger partial charge on any atom is 0.407 e. The molecular formula is C16H21F2N3O3. The molecule has 1 amide bonds. The van der Waals surface area contributed by atoms with Gasteiger partial charge in [0.25, 0.3) is 0 Å². The molecular weight excluding hydrogens is 320 g/mol. The molecule has 1 heterocycles. The van der Waals surface area contributed by atoms with Gasteiger partial charge in [0.2, 0.25) is 0 Å². The van der Waals surface area contributed by atoms with Gasteiger partial charge in [-0.3, -0.25) is 0 Å². The van der Waals surface area contributed by atoms with Crippen LogP contribution in [0.15, 0.2) is 12.3 Å². The number of pyridine rings is 1. The molecule has 0 bridgehead atoms. The lowest BCUT2D eigenvalue weighted by Crippen LogP contribution is -2.37. The van der Waals surface area contributed by atoms with E-state index in [1.54, 1.807) is 27.7 Å². The average molecular weight is 341 g/mol. The number of hydrogen-bond donors (Lipinski definition) is 2. The van der Waals surface area contributed by atoms with Crippen molar-refractivity contribution in [1.29, 1.82) is 0 Å². The van der Waals surface area contributed by atoms with Crippen molar-refractivity contribution in [3.8, 4) is 17.6 Å². The third-order valence-corrected chi connectivity index (χ3v) is 2.50. The molecule has 1 atom stereocenters. The van der Waals surface area contributed by atoms with Gasteiger partial charge in [-0.05, 0) is 27.7 Å². The summed E-state index contributed by atoms with van der Waals surface area (Å²) in [5, 5.41) is 2.65. The molecule has 3 N–H and O–H groups in total. The molecule has 0 spiro atoms. The zero-order valence-electron chi connectivity index (χ0n) is 14.0. The van der Waals surface area contributed by atoms with Crippen molar-refractivity contribution >= 4 is 11.9 Å². The molecule has 8 heteroatoms. The zero-order valence-corrected chi connectivity index (χ0v) is 14.0. The van der Waals surface area contributed by atoms with E-state index in [1.807, 2.05) is 0 Å². The fourth-order valence-corrected chi connectivity index (χ4v) is 1.58. The fourth-order valence-electron chi connectivity index (χ4n) is 1.58. The van der Waals surface area contributed by atoms with Crippen LogP contribution < -0.4 is 15.8 Å². The average Bonchev–Trinajstić information content (AvgIpc) is 2.39. The summed E-state index contributed by atoms with van der Waals surface area (Å²) in [4.78, 5) is 15.3. The molecule has 24 heavy (non-hydrogen) atoms. The number of halogens is 2. The summed E-state index contributed by atoms with van der Waals surface area (Å²) in [6.07, 6.45) is 1.17. The lowest BCUT2D eigenvalue weighted by atomic mass is 10.2. The number of amides is 1. The minimum absolute atomic E-state index is 0.138. The van der Waals surface area contributed by atoms with E-state index in [0.717, 1.165) is 0 Å². The van der Waals surface area contributed by atoms with Gasteiger partial charge in [-0.2, -0.15) is 8.78 Å². The highest BCUT2D eigenvalue weighted by Gasteiger charge is 2.17. The number of nitrogen functional groups attached to an aromatic ring is 1. The van der Waals surface area contributed by atoms with E-state index in [1.165, 1.54) is 12.3 Å². The summed E-state index contributed by atoms with van der Waals surface area (Å²) in [6, 6.07) is 1.04. The molecule has 0 unspecified atom stereocenters. The van der Waals surface area contributed by atoms with Crippen molar-refractivity contribution in [2.24, 2.45) is 0 Å². The maximum atomic E-state index is 12.2. The van der Waals surface area contributed by atoms with Crippen LogP contribution >= 0.6 is 0 Å². The highest BCUT2D eigenvalue weighted by Crippen LogP contribution is 2.21. The van der Waals surface area contributed by atoms with Gasteiger partial charge >= 0.3 is 12.7 Å². The number of alkyl halides is 2. The predicted octanol–water partition coefficient (Wildman–Crippen LogP) is 2.92. The number of carbonyl (C=O) groups is 1. The summed E-state index contributed by atoms with van der Waals surface area (Å²) in [5.41, 5.74) is 5.24. The van der Waals surface area contributed by atoms with Crippen molar-refractivity contribution in [1.82, 2.24) is 10.3 Å². The SMILES string of the molecule is C[C@@H](CC#Cc1cnc(N)c(OC(F)F)c1)NC(=O)OC(C)(C)C. The Labute approximate surface area is 139 Å². The number of nitrogens with zero attached hydrogens (tertiary/aromatic N) is 1. The van der Waals surface area contributed by atoms with Crippen LogP contribution in [0.4, 0.5) is 19.4 Å². The molecule has 0 saturated carbocycles. The van der Waals surface area contributed by atoms with Crippen molar-refractivity contribution in [3.63, 3.8) is 0 Å². The predicted molar refractivity (Wildman–Crippen MR) is 85.6 cm³/mol. The molecule has 6 nitrogen and oxygen atoms in total. The first-order chi connectivity index (χ1) is 11.1.